The number of aromatic nitrogens is 5. The molecule has 1 atom stereocenters. The van der Waals surface area contributed by atoms with E-state index in [2.05, 4.69) is 31.7 Å². The smallest absolute Gasteiger partial charge is 0.255 e. The molecule has 0 unspecified atom stereocenters. The third-order valence-corrected chi connectivity index (χ3v) is 4.57. The maximum absolute atomic E-state index is 13.2. The van der Waals surface area contributed by atoms with Gasteiger partial charge < -0.3 is 19.2 Å². The number of imidazole rings is 1. The minimum atomic E-state index is -0.0357. The number of carbonyl (C=O) groups excluding carboxylic acids is 1. The zero-order valence-corrected chi connectivity index (χ0v) is 14.7. The van der Waals surface area contributed by atoms with Gasteiger partial charge in [-0.1, -0.05) is 18.2 Å². The molecule has 3 heterocycles. The number of H-pyrrole nitrogens is 1. The summed E-state index contributed by atoms with van der Waals surface area (Å²) in [5.74, 6) is 2.22. The molecule has 8 heteroatoms. The molecule has 4 rings (SSSR count). The fourth-order valence-electron chi connectivity index (χ4n) is 3.45. The van der Waals surface area contributed by atoms with Crippen molar-refractivity contribution in [2.75, 3.05) is 13.7 Å². The number of rotatable bonds is 4. The van der Waals surface area contributed by atoms with E-state index in [9.17, 15) is 4.79 Å². The van der Waals surface area contributed by atoms with Crippen molar-refractivity contribution in [1.82, 2.24) is 29.6 Å². The van der Waals surface area contributed by atoms with Gasteiger partial charge in [-0.2, -0.15) is 0 Å². The monoisotopic (exact) mass is 352 g/mol. The van der Waals surface area contributed by atoms with Gasteiger partial charge in [-0.05, 0) is 13.0 Å². The minimum absolute atomic E-state index is 0.0357. The number of benzene rings is 1. The van der Waals surface area contributed by atoms with Crippen LogP contribution >= 0.6 is 0 Å². The van der Waals surface area contributed by atoms with E-state index in [1.807, 2.05) is 29.2 Å². The number of methoxy groups -OCH3 is 1. The second-order valence-corrected chi connectivity index (χ2v) is 6.35. The zero-order chi connectivity index (χ0) is 18.1. The first-order chi connectivity index (χ1) is 12.7. The number of nitrogens with zero attached hydrogens (tertiary/aromatic N) is 5. The van der Waals surface area contributed by atoms with Crippen LogP contribution in [0.2, 0.25) is 0 Å². The fraction of sp³-hybridized carbons (Fsp3) is 0.333. The molecule has 0 bridgehead atoms. The molecule has 1 N–H and O–H groups in total. The van der Waals surface area contributed by atoms with Gasteiger partial charge in [-0.3, -0.25) is 4.79 Å². The maximum atomic E-state index is 13.2. The molecule has 1 aromatic carbocycles. The number of carbonyl (C=O) groups is 1. The van der Waals surface area contributed by atoms with Crippen LogP contribution in [0.1, 0.15) is 35.0 Å². The molecule has 0 spiro atoms. The molecule has 134 valence electrons. The van der Waals surface area contributed by atoms with Gasteiger partial charge in [0.05, 0.1) is 18.2 Å². The Bertz CT molecular complexity index is 918. The van der Waals surface area contributed by atoms with Crippen molar-refractivity contribution in [1.29, 1.82) is 0 Å². The van der Waals surface area contributed by atoms with Gasteiger partial charge >= 0.3 is 0 Å². The van der Waals surface area contributed by atoms with E-state index in [1.54, 1.807) is 19.5 Å². The molecular weight excluding hydrogens is 332 g/mol. The molecule has 2 aromatic heterocycles. The SMILES string of the molecule is COCc1nnc2n1[C@@H](C)CN(C(=O)c1ccccc1-c1ncc[nH]1)C2. The number of amides is 1. The highest BCUT2D eigenvalue weighted by atomic mass is 16.5. The van der Waals surface area contributed by atoms with Crippen LogP contribution in [0.3, 0.4) is 0 Å². The molecule has 8 nitrogen and oxygen atoms in total. The Morgan fingerprint density at radius 3 is 2.96 bits per heavy atom. The Labute approximate surface area is 150 Å². The van der Waals surface area contributed by atoms with Crippen LogP contribution < -0.4 is 0 Å². The van der Waals surface area contributed by atoms with Crippen molar-refractivity contribution in [3.8, 4) is 11.4 Å². The van der Waals surface area contributed by atoms with Crippen molar-refractivity contribution in [3.63, 3.8) is 0 Å². The number of nitrogens with one attached hydrogen (secondary N) is 1. The Morgan fingerprint density at radius 1 is 1.35 bits per heavy atom. The second kappa shape index (κ2) is 6.72. The largest absolute Gasteiger partial charge is 0.377 e. The van der Waals surface area contributed by atoms with E-state index >= 15 is 0 Å². The Hall–Kier alpha value is -3.00. The summed E-state index contributed by atoms with van der Waals surface area (Å²) in [6, 6.07) is 7.59. The lowest BCUT2D eigenvalue weighted by atomic mass is 10.0. The lowest BCUT2D eigenvalue weighted by molar-refractivity contribution is 0.0675. The van der Waals surface area contributed by atoms with Crippen LogP contribution in [-0.4, -0.2) is 49.2 Å². The number of hydrogen-bond acceptors (Lipinski definition) is 5. The minimum Gasteiger partial charge on any atom is -0.377 e. The number of fused-ring (bicyclic) bond motifs is 1. The third-order valence-electron chi connectivity index (χ3n) is 4.57. The van der Waals surface area contributed by atoms with Gasteiger partial charge in [0, 0.05) is 31.6 Å². The van der Waals surface area contributed by atoms with E-state index in [0.717, 1.165) is 17.2 Å². The lowest BCUT2D eigenvalue weighted by Gasteiger charge is -2.33. The first kappa shape index (κ1) is 16.5. The third kappa shape index (κ3) is 2.78. The van der Waals surface area contributed by atoms with Gasteiger partial charge in [0.25, 0.3) is 5.91 Å². The summed E-state index contributed by atoms with van der Waals surface area (Å²) in [5.41, 5.74) is 1.42. The van der Waals surface area contributed by atoms with Crippen LogP contribution in [0.4, 0.5) is 0 Å². The zero-order valence-electron chi connectivity index (χ0n) is 14.7. The Kier molecular flexibility index (Phi) is 4.26. The highest BCUT2D eigenvalue weighted by Crippen LogP contribution is 2.26. The standard InChI is InChI=1S/C18H20N6O2/c1-12-9-23(10-15-21-22-16(11-26-2)24(12)15)18(25)14-6-4-3-5-13(14)17-19-7-8-20-17/h3-8,12H,9-11H2,1-2H3,(H,19,20)/t12-/m0/s1. The molecule has 0 saturated carbocycles. The number of aromatic amines is 1. The summed E-state index contributed by atoms with van der Waals surface area (Å²) >= 11 is 0. The predicted molar refractivity (Wildman–Crippen MR) is 94.2 cm³/mol. The topological polar surface area (TPSA) is 88.9 Å². The van der Waals surface area contributed by atoms with E-state index in [0.29, 0.717) is 31.1 Å². The average molecular weight is 352 g/mol. The number of ether oxygens (including phenoxy) is 1. The Balaban J connectivity index is 1.64. The van der Waals surface area contributed by atoms with Gasteiger partial charge in [0.1, 0.15) is 12.4 Å². The van der Waals surface area contributed by atoms with Crippen molar-refractivity contribution in [3.05, 3.63) is 53.9 Å². The van der Waals surface area contributed by atoms with Crippen molar-refractivity contribution in [2.24, 2.45) is 0 Å². The van der Waals surface area contributed by atoms with Crippen molar-refractivity contribution in [2.45, 2.75) is 26.1 Å². The first-order valence-electron chi connectivity index (χ1n) is 8.48. The highest BCUT2D eigenvalue weighted by molar-refractivity contribution is 6.00. The highest BCUT2D eigenvalue weighted by Gasteiger charge is 2.30. The molecule has 3 aromatic rings. The summed E-state index contributed by atoms with van der Waals surface area (Å²) in [7, 11) is 1.64. The average Bonchev–Trinajstić information content (AvgIpc) is 3.32. The van der Waals surface area contributed by atoms with Crippen molar-refractivity contribution >= 4 is 5.91 Å². The molecule has 1 amide bonds. The maximum Gasteiger partial charge on any atom is 0.255 e. The van der Waals surface area contributed by atoms with Crippen LogP contribution in [0.15, 0.2) is 36.7 Å². The van der Waals surface area contributed by atoms with E-state index in [-0.39, 0.29) is 11.9 Å². The van der Waals surface area contributed by atoms with Crippen LogP contribution in [0.25, 0.3) is 11.4 Å². The van der Waals surface area contributed by atoms with E-state index in [4.69, 9.17) is 4.74 Å². The van der Waals surface area contributed by atoms with Gasteiger partial charge in [-0.15, -0.1) is 10.2 Å². The molecule has 1 aliphatic rings. The summed E-state index contributed by atoms with van der Waals surface area (Å²) in [5, 5.41) is 8.44. The van der Waals surface area contributed by atoms with E-state index in [1.165, 1.54) is 0 Å². The van der Waals surface area contributed by atoms with E-state index < -0.39 is 0 Å². The number of hydrogen-bond donors (Lipinski definition) is 1. The molecule has 0 fully saturated rings. The van der Waals surface area contributed by atoms with Gasteiger partial charge in [0.2, 0.25) is 0 Å². The molecular formula is C18H20N6O2. The van der Waals surface area contributed by atoms with Crippen LogP contribution in [0, 0.1) is 0 Å². The fourth-order valence-corrected chi connectivity index (χ4v) is 3.45. The van der Waals surface area contributed by atoms with Crippen molar-refractivity contribution < 1.29 is 9.53 Å². The normalized spacial score (nSPS) is 16.5. The van der Waals surface area contributed by atoms with Gasteiger partial charge in [-0.25, -0.2) is 4.98 Å². The second-order valence-electron chi connectivity index (χ2n) is 6.35. The van der Waals surface area contributed by atoms with Crippen LogP contribution in [-0.2, 0) is 17.9 Å². The molecule has 26 heavy (non-hydrogen) atoms. The lowest BCUT2D eigenvalue weighted by Crippen LogP contribution is -2.41. The molecule has 0 aliphatic carbocycles. The summed E-state index contributed by atoms with van der Waals surface area (Å²) in [6.07, 6.45) is 3.43. The summed E-state index contributed by atoms with van der Waals surface area (Å²) < 4.78 is 7.25. The van der Waals surface area contributed by atoms with Crippen LogP contribution in [0.5, 0.6) is 0 Å². The quantitative estimate of drug-likeness (QED) is 0.776. The summed E-state index contributed by atoms with van der Waals surface area (Å²) in [6.45, 7) is 3.48. The molecule has 0 radical (unpaired) electrons. The Morgan fingerprint density at radius 2 is 2.19 bits per heavy atom. The predicted octanol–water partition coefficient (Wildman–Crippen LogP) is 2.03. The first-order valence-corrected chi connectivity index (χ1v) is 8.48. The summed E-state index contributed by atoms with van der Waals surface area (Å²) in [4.78, 5) is 22.4. The molecule has 0 saturated heterocycles. The van der Waals surface area contributed by atoms with Gasteiger partial charge in [0.15, 0.2) is 11.6 Å². The molecule has 1 aliphatic heterocycles.